The second-order valence-electron chi connectivity index (χ2n) is 8.43. The summed E-state index contributed by atoms with van der Waals surface area (Å²) in [7, 11) is 1.53. The highest BCUT2D eigenvalue weighted by Gasteiger charge is 2.35. The number of carbonyl (C=O) groups is 2. The van der Waals surface area contributed by atoms with E-state index in [2.05, 4.69) is 17.8 Å². The number of hydrogen-bond donors (Lipinski definition) is 2. The van der Waals surface area contributed by atoms with Crippen molar-refractivity contribution in [3.63, 3.8) is 0 Å². The Hall–Kier alpha value is -3.42. The van der Waals surface area contributed by atoms with Gasteiger partial charge in [0.05, 0.1) is 18.7 Å². The van der Waals surface area contributed by atoms with E-state index in [1.165, 1.54) is 12.7 Å². The van der Waals surface area contributed by atoms with E-state index in [0.29, 0.717) is 33.8 Å². The SMILES string of the molecule is CCc1ccc(N2C[C@H](C(=O)NNc3ccc(OCc4ccc(Cl)cc4Cl)c(OC)c3)CC2=O)cc1. The van der Waals surface area contributed by atoms with E-state index in [1.807, 2.05) is 24.3 Å². The molecule has 36 heavy (non-hydrogen) atoms. The molecule has 2 amide bonds. The summed E-state index contributed by atoms with van der Waals surface area (Å²) >= 11 is 12.2. The van der Waals surface area contributed by atoms with E-state index in [0.717, 1.165) is 17.7 Å². The number of amides is 2. The van der Waals surface area contributed by atoms with Gasteiger partial charge in [-0.2, -0.15) is 0 Å². The topological polar surface area (TPSA) is 79.9 Å². The monoisotopic (exact) mass is 527 g/mol. The Balaban J connectivity index is 1.33. The number of halogens is 2. The summed E-state index contributed by atoms with van der Waals surface area (Å²) in [5.74, 6) is 0.226. The molecule has 0 aliphatic carbocycles. The molecule has 7 nitrogen and oxygen atoms in total. The van der Waals surface area contributed by atoms with Gasteiger partial charge in [0.15, 0.2) is 11.5 Å². The van der Waals surface area contributed by atoms with Crippen molar-refractivity contribution in [3.05, 3.63) is 81.8 Å². The number of nitrogens with one attached hydrogen (secondary N) is 2. The highest BCUT2D eigenvalue weighted by Crippen LogP contribution is 2.32. The van der Waals surface area contributed by atoms with E-state index in [4.69, 9.17) is 32.7 Å². The first-order valence-electron chi connectivity index (χ1n) is 11.6. The first kappa shape index (κ1) is 25.7. The third-order valence-corrected chi connectivity index (χ3v) is 6.63. The van der Waals surface area contributed by atoms with E-state index in [1.54, 1.807) is 41.3 Å². The first-order valence-corrected chi connectivity index (χ1v) is 12.3. The summed E-state index contributed by atoms with van der Waals surface area (Å²) in [6.45, 7) is 2.65. The van der Waals surface area contributed by atoms with Crippen LogP contribution in [0, 0.1) is 5.92 Å². The number of hydrogen-bond acceptors (Lipinski definition) is 5. The zero-order valence-corrected chi connectivity index (χ0v) is 21.5. The molecule has 0 radical (unpaired) electrons. The molecule has 0 spiro atoms. The van der Waals surface area contributed by atoms with Crippen molar-refractivity contribution in [2.24, 2.45) is 5.92 Å². The Morgan fingerprint density at radius 1 is 1.06 bits per heavy atom. The molecule has 3 aromatic carbocycles. The number of rotatable bonds is 9. The molecule has 1 heterocycles. The van der Waals surface area contributed by atoms with Crippen LogP contribution in [0.5, 0.6) is 11.5 Å². The van der Waals surface area contributed by atoms with Crippen LogP contribution in [0.2, 0.25) is 10.0 Å². The van der Waals surface area contributed by atoms with Gasteiger partial charge in [0.2, 0.25) is 11.8 Å². The lowest BCUT2D eigenvalue weighted by Crippen LogP contribution is -2.36. The maximum absolute atomic E-state index is 12.7. The van der Waals surface area contributed by atoms with Crippen LogP contribution in [0.3, 0.4) is 0 Å². The van der Waals surface area contributed by atoms with Crippen molar-refractivity contribution in [1.29, 1.82) is 0 Å². The number of carbonyl (C=O) groups excluding carboxylic acids is 2. The second kappa shape index (κ2) is 11.5. The van der Waals surface area contributed by atoms with Crippen LogP contribution < -0.4 is 25.2 Å². The van der Waals surface area contributed by atoms with Crippen LogP contribution in [0.25, 0.3) is 0 Å². The molecule has 1 atom stereocenters. The largest absolute Gasteiger partial charge is 0.493 e. The molecular formula is C27H27Cl2N3O4. The lowest BCUT2D eigenvalue weighted by molar-refractivity contribution is -0.125. The Morgan fingerprint density at radius 2 is 1.83 bits per heavy atom. The molecular weight excluding hydrogens is 501 g/mol. The van der Waals surface area contributed by atoms with Crippen LogP contribution in [-0.4, -0.2) is 25.5 Å². The van der Waals surface area contributed by atoms with Crippen LogP contribution in [0.1, 0.15) is 24.5 Å². The summed E-state index contributed by atoms with van der Waals surface area (Å²) in [5.41, 5.74) is 9.00. The minimum Gasteiger partial charge on any atom is -0.493 e. The molecule has 4 rings (SSSR count). The fourth-order valence-corrected chi connectivity index (χ4v) is 4.40. The Labute approximate surface area is 220 Å². The van der Waals surface area contributed by atoms with E-state index in [-0.39, 0.29) is 24.8 Å². The summed E-state index contributed by atoms with van der Waals surface area (Å²) in [5, 5.41) is 1.07. The zero-order valence-electron chi connectivity index (χ0n) is 20.0. The van der Waals surface area contributed by atoms with Crippen molar-refractivity contribution < 1.29 is 19.1 Å². The maximum Gasteiger partial charge on any atom is 0.243 e. The molecule has 188 valence electrons. The lowest BCUT2D eigenvalue weighted by Gasteiger charge is -2.18. The smallest absolute Gasteiger partial charge is 0.243 e. The highest BCUT2D eigenvalue weighted by atomic mass is 35.5. The minimum atomic E-state index is -0.454. The van der Waals surface area contributed by atoms with Gasteiger partial charge in [-0.25, -0.2) is 0 Å². The molecule has 0 bridgehead atoms. The number of ether oxygens (including phenoxy) is 2. The predicted octanol–water partition coefficient (Wildman–Crippen LogP) is 5.64. The average Bonchev–Trinajstić information content (AvgIpc) is 3.28. The van der Waals surface area contributed by atoms with Crippen LogP contribution in [0.15, 0.2) is 60.7 Å². The van der Waals surface area contributed by atoms with E-state index in [9.17, 15) is 9.59 Å². The molecule has 0 unspecified atom stereocenters. The number of methoxy groups -OCH3 is 1. The van der Waals surface area contributed by atoms with Crippen molar-refractivity contribution in [2.45, 2.75) is 26.4 Å². The summed E-state index contributed by atoms with van der Waals surface area (Å²) < 4.78 is 11.3. The Morgan fingerprint density at radius 3 is 2.53 bits per heavy atom. The fourth-order valence-electron chi connectivity index (χ4n) is 3.94. The summed E-state index contributed by atoms with van der Waals surface area (Å²) in [4.78, 5) is 26.9. The van der Waals surface area contributed by atoms with Gasteiger partial charge in [-0.1, -0.05) is 48.3 Å². The van der Waals surface area contributed by atoms with E-state index < -0.39 is 5.92 Å². The van der Waals surface area contributed by atoms with Gasteiger partial charge in [0.25, 0.3) is 0 Å². The molecule has 2 N–H and O–H groups in total. The van der Waals surface area contributed by atoms with Crippen LogP contribution >= 0.6 is 23.2 Å². The quantitative estimate of drug-likeness (QED) is 0.352. The van der Waals surface area contributed by atoms with Crippen molar-refractivity contribution in [3.8, 4) is 11.5 Å². The number of anilines is 2. The zero-order chi connectivity index (χ0) is 25.7. The fraction of sp³-hybridized carbons (Fsp3) is 0.259. The van der Waals surface area contributed by atoms with Gasteiger partial charge in [0.1, 0.15) is 6.61 Å². The lowest BCUT2D eigenvalue weighted by atomic mass is 10.1. The molecule has 1 aliphatic rings. The van der Waals surface area contributed by atoms with Gasteiger partial charge in [-0.15, -0.1) is 0 Å². The number of nitrogens with zero attached hydrogens (tertiary/aromatic N) is 1. The van der Waals surface area contributed by atoms with Crippen molar-refractivity contribution in [1.82, 2.24) is 5.43 Å². The van der Waals surface area contributed by atoms with Gasteiger partial charge in [-0.05, 0) is 48.4 Å². The minimum absolute atomic E-state index is 0.0663. The van der Waals surface area contributed by atoms with Gasteiger partial charge in [0, 0.05) is 40.3 Å². The van der Waals surface area contributed by atoms with Crippen molar-refractivity contribution >= 4 is 46.4 Å². The Bertz CT molecular complexity index is 1250. The maximum atomic E-state index is 12.7. The molecule has 3 aromatic rings. The molecule has 0 saturated carbocycles. The molecule has 1 fully saturated rings. The summed E-state index contributed by atoms with van der Waals surface area (Å²) in [6.07, 6.45) is 1.09. The van der Waals surface area contributed by atoms with Crippen LogP contribution in [0.4, 0.5) is 11.4 Å². The Kier molecular flexibility index (Phi) is 8.23. The van der Waals surface area contributed by atoms with Crippen molar-refractivity contribution in [2.75, 3.05) is 24.0 Å². The normalized spacial score (nSPS) is 15.1. The van der Waals surface area contributed by atoms with E-state index >= 15 is 0 Å². The summed E-state index contributed by atoms with van der Waals surface area (Å²) in [6, 6.07) is 18.3. The average molecular weight is 528 g/mol. The molecule has 1 saturated heterocycles. The molecule has 0 aromatic heterocycles. The number of aryl methyl sites for hydroxylation is 1. The van der Waals surface area contributed by atoms with Crippen LogP contribution in [-0.2, 0) is 22.6 Å². The third-order valence-electron chi connectivity index (χ3n) is 6.04. The second-order valence-corrected chi connectivity index (χ2v) is 9.27. The number of hydrazine groups is 1. The highest BCUT2D eigenvalue weighted by molar-refractivity contribution is 6.35. The third kappa shape index (κ3) is 6.04. The van der Waals surface area contributed by atoms with Gasteiger partial charge < -0.3 is 14.4 Å². The standard InChI is InChI=1S/C27H27Cl2N3O4/c1-3-17-4-9-22(10-5-17)32-15-19(12-26(32)33)27(34)31-30-21-8-11-24(25(14-21)35-2)36-16-18-6-7-20(28)13-23(18)29/h4-11,13-14,19,30H,3,12,15-16H2,1-2H3,(H,31,34)/t19-/m1/s1. The van der Waals surface area contributed by atoms with Gasteiger partial charge in [-0.3, -0.25) is 20.4 Å². The number of benzene rings is 3. The van der Waals surface area contributed by atoms with Gasteiger partial charge >= 0.3 is 0 Å². The molecule has 1 aliphatic heterocycles. The predicted molar refractivity (Wildman–Crippen MR) is 142 cm³/mol. The molecule has 9 heteroatoms. The first-order chi connectivity index (χ1) is 17.4.